The van der Waals surface area contributed by atoms with Crippen molar-refractivity contribution in [1.29, 1.82) is 0 Å². The van der Waals surface area contributed by atoms with E-state index in [1.165, 1.54) is 5.56 Å². The Balaban J connectivity index is 1.91. The lowest BCUT2D eigenvalue weighted by atomic mass is 10.2. The number of anilines is 1. The van der Waals surface area contributed by atoms with Gasteiger partial charge in [0.1, 0.15) is 10.4 Å². The van der Waals surface area contributed by atoms with Crippen LogP contribution >= 0.6 is 15.9 Å². The number of benzene rings is 1. The number of hydrogen-bond donors (Lipinski definition) is 1. The Morgan fingerprint density at radius 1 is 1.25 bits per heavy atom. The maximum absolute atomic E-state index is 5.57. The van der Waals surface area contributed by atoms with Crippen molar-refractivity contribution in [2.75, 3.05) is 11.9 Å². The Hall–Kier alpha value is -1.55. The van der Waals surface area contributed by atoms with Crippen molar-refractivity contribution in [2.45, 2.75) is 26.8 Å². The van der Waals surface area contributed by atoms with Gasteiger partial charge in [0.2, 0.25) is 0 Å². The maximum atomic E-state index is 5.57. The first-order chi connectivity index (χ1) is 9.69. The van der Waals surface area contributed by atoms with Gasteiger partial charge in [-0.3, -0.25) is 0 Å². The molecule has 1 aromatic heterocycles. The Labute approximate surface area is 128 Å². The summed E-state index contributed by atoms with van der Waals surface area (Å²) in [4.78, 5) is 4.27. The molecule has 0 atom stereocenters. The van der Waals surface area contributed by atoms with Crippen LogP contribution < -0.4 is 10.1 Å². The summed E-state index contributed by atoms with van der Waals surface area (Å²) in [6.07, 6.45) is 2.86. The average molecular weight is 335 g/mol. The molecule has 0 aliphatic carbocycles. The quantitative estimate of drug-likeness (QED) is 0.786. The third-order valence-corrected chi connectivity index (χ3v) is 3.74. The molecule has 2 aromatic rings. The summed E-state index contributed by atoms with van der Waals surface area (Å²) in [5.41, 5.74) is 3.37. The lowest BCUT2D eigenvalue weighted by Gasteiger charge is -2.09. The van der Waals surface area contributed by atoms with Gasteiger partial charge >= 0.3 is 0 Å². The zero-order valence-electron chi connectivity index (χ0n) is 11.8. The Bertz CT molecular complexity index is 555. The van der Waals surface area contributed by atoms with Crippen molar-refractivity contribution in [1.82, 2.24) is 4.98 Å². The van der Waals surface area contributed by atoms with Gasteiger partial charge in [-0.1, -0.05) is 19.1 Å². The molecule has 106 valence electrons. The van der Waals surface area contributed by atoms with Crippen LogP contribution in [-0.2, 0) is 6.54 Å². The van der Waals surface area contributed by atoms with Crippen LogP contribution in [0.25, 0.3) is 0 Å². The van der Waals surface area contributed by atoms with Gasteiger partial charge in [0.15, 0.2) is 0 Å². The number of aryl methyl sites for hydroxylation is 1. The third-order valence-electron chi connectivity index (χ3n) is 2.91. The van der Waals surface area contributed by atoms with Gasteiger partial charge in [-0.05, 0) is 58.6 Å². The highest BCUT2D eigenvalue weighted by Gasteiger charge is 1.99. The zero-order chi connectivity index (χ0) is 14.4. The fourth-order valence-electron chi connectivity index (χ4n) is 1.78. The van der Waals surface area contributed by atoms with Gasteiger partial charge in [0, 0.05) is 6.54 Å². The van der Waals surface area contributed by atoms with E-state index in [0.717, 1.165) is 41.2 Å². The first-order valence-electron chi connectivity index (χ1n) is 6.77. The lowest BCUT2D eigenvalue weighted by molar-refractivity contribution is 0.317. The molecular formula is C16H19BrN2O. The van der Waals surface area contributed by atoms with Gasteiger partial charge in [-0.2, -0.15) is 0 Å². The molecule has 0 unspecified atom stereocenters. The van der Waals surface area contributed by atoms with Crippen LogP contribution in [0.5, 0.6) is 5.75 Å². The second-order valence-corrected chi connectivity index (χ2v) is 5.43. The van der Waals surface area contributed by atoms with Crippen molar-refractivity contribution in [3.05, 3.63) is 52.3 Å². The molecule has 1 heterocycles. The number of halogens is 1. The van der Waals surface area contributed by atoms with E-state index >= 15 is 0 Å². The molecule has 20 heavy (non-hydrogen) atoms. The van der Waals surface area contributed by atoms with Gasteiger partial charge in [0.25, 0.3) is 0 Å². The standard InChI is InChI=1S/C16H19BrN2O/c1-3-8-20-15-6-4-13(5-7-15)10-18-14-9-12(2)16(17)19-11-14/h4-7,9,11,18H,3,8,10H2,1-2H3. The van der Waals surface area contributed by atoms with Crippen LogP contribution in [0, 0.1) is 6.92 Å². The topological polar surface area (TPSA) is 34.1 Å². The molecule has 0 saturated heterocycles. The molecule has 0 amide bonds. The molecule has 0 radical (unpaired) electrons. The van der Waals surface area contributed by atoms with E-state index in [1.54, 1.807) is 0 Å². The third kappa shape index (κ3) is 4.23. The Morgan fingerprint density at radius 2 is 2.00 bits per heavy atom. The summed E-state index contributed by atoms with van der Waals surface area (Å²) in [6, 6.07) is 10.3. The van der Waals surface area contributed by atoms with E-state index in [4.69, 9.17) is 4.74 Å². The number of ether oxygens (including phenoxy) is 1. The molecule has 0 aliphatic rings. The van der Waals surface area contributed by atoms with Crippen LogP contribution in [0.1, 0.15) is 24.5 Å². The minimum Gasteiger partial charge on any atom is -0.494 e. The molecule has 0 spiro atoms. The molecule has 4 heteroatoms. The fraction of sp³-hybridized carbons (Fsp3) is 0.312. The minimum absolute atomic E-state index is 0.765. The van der Waals surface area contributed by atoms with Crippen LogP contribution in [-0.4, -0.2) is 11.6 Å². The first kappa shape index (κ1) is 14.9. The molecule has 2 rings (SSSR count). The number of nitrogens with one attached hydrogen (secondary N) is 1. The van der Waals surface area contributed by atoms with Crippen molar-refractivity contribution < 1.29 is 4.74 Å². The highest BCUT2D eigenvalue weighted by molar-refractivity contribution is 9.10. The van der Waals surface area contributed by atoms with E-state index in [9.17, 15) is 0 Å². The molecule has 1 N–H and O–H groups in total. The summed E-state index contributed by atoms with van der Waals surface area (Å²) >= 11 is 3.40. The minimum atomic E-state index is 0.765. The Morgan fingerprint density at radius 3 is 2.65 bits per heavy atom. The van der Waals surface area contributed by atoms with Crippen molar-refractivity contribution in [2.24, 2.45) is 0 Å². The van der Waals surface area contributed by atoms with Crippen LogP contribution in [0.2, 0.25) is 0 Å². The van der Waals surface area contributed by atoms with Crippen LogP contribution in [0.4, 0.5) is 5.69 Å². The summed E-state index contributed by atoms with van der Waals surface area (Å²) in [5.74, 6) is 0.928. The van der Waals surface area contributed by atoms with Gasteiger partial charge in [-0.25, -0.2) is 4.98 Å². The first-order valence-corrected chi connectivity index (χ1v) is 7.56. The highest BCUT2D eigenvalue weighted by atomic mass is 79.9. The lowest BCUT2D eigenvalue weighted by Crippen LogP contribution is -2.01. The molecule has 0 aliphatic heterocycles. The van der Waals surface area contributed by atoms with E-state index in [2.05, 4.69) is 51.4 Å². The second kappa shape index (κ2) is 7.29. The van der Waals surface area contributed by atoms with Crippen molar-refractivity contribution in [3.8, 4) is 5.75 Å². The molecule has 3 nitrogen and oxygen atoms in total. The molecule has 1 aromatic carbocycles. The normalized spacial score (nSPS) is 10.3. The number of aromatic nitrogens is 1. The van der Waals surface area contributed by atoms with Crippen molar-refractivity contribution >= 4 is 21.6 Å². The molecule has 0 bridgehead atoms. The summed E-state index contributed by atoms with van der Waals surface area (Å²) in [7, 11) is 0. The predicted molar refractivity (Wildman–Crippen MR) is 86.2 cm³/mol. The molecular weight excluding hydrogens is 316 g/mol. The zero-order valence-corrected chi connectivity index (χ0v) is 13.4. The van der Waals surface area contributed by atoms with Crippen LogP contribution in [0.3, 0.4) is 0 Å². The second-order valence-electron chi connectivity index (χ2n) is 4.68. The summed E-state index contributed by atoms with van der Waals surface area (Å²) < 4.78 is 6.46. The average Bonchev–Trinajstić information content (AvgIpc) is 2.47. The largest absolute Gasteiger partial charge is 0.494 e. The van der Waals surface area contributed by atoms with Gasteiger partial charge < -0.3 is 10.1 Å². The summed E-state index contributed by atoms with van der Waals surface area (Å²) in [5, 5.41) is 3.37. The van der Waals surface area contributed by atoms with Crippen LogP contribution in [0.15, 0.2) is 41.1 Å². The van der Waals surface area contributed by atoms with Gasteiger partial charge in [-0.15, -0.1) is 0 Å². The van der Waals surface area contributed by atoms with E-state index < -0.39 is 0 Å². The maximum Gasteiger partial charge on any atom is 0.119 e. The SMILES string of the molecule is CCCOc1ccc(CNc2cnc(Br)c(C)c2)cc1. The summed E-state index contributed by atoms with van der Waals surface area (Å²) in [6.45, 7) is 5.67. The number of hydrogen-bond acceptors (Lipinski definition) is 3. The van der Waals surface area contributed by atoms with E-state index in [-0.39, 0.29) is 0 Å². The highest BCUT2D eigenvalue weighted by Crippen LogP contribution is 2.18. The number of rotatable bonds is 6. The number of pyridine rings is 1. The number of nitrogens with zero attached hydrogens (tertiary/aromatic N) is 1. The van der Waals surface area contributed by atoms with E-state index in [0.29, 0.717) is 0 Å². The van der Waals surface area contributed by atoms with Gasteiger partial charge in [0.05, 0.1) is 18.5 Å². The smallest absolute Gasteiger partial charge is 0.119 e. The fourth-order valence-corrected chi connectivity index (χ4v) is 2.00. The predicted octanol–water partition coefficient (Wildman–Crippen LogP) is 4.55. The molecule has 0 fully saturated rings. The molecule has 0 saturated carbocycles. The van der Waals surface area contributed by atoms with Crippen molar-refractivity contribution in [3.63, 3.8) is 0 Å². The monoisotopic (exact) mass is 334 g/mol. The van der Waals surface area contributed by atoms with E-state index in [1.807, 2.05) is 25.3 Å². The Kier molecular flexibility index (Phi) is 5.41.